The molecule has 26 heavy (non-hydrogen) atoms. The molecule has 1 saturated heterocycles. The molecule has 0 nitrogen and oxygen atoms in total. The van der Waals surface area contributed by atoms with Crippen LogP contribution >= 0.6 is 0 Å². The first-order valence-electron chi connectivity index (χ1n) is 10.1. The molecule has 0 aromatic heterocycles. The van der Waals surface area contributed by atoms with E-state index in [9.17, 15) is 0 Å². The van der Waals surface area contributed by atoms with Gasteiger partial charge in [-0.05, 0) is 0 Å². The van der Waals surface area contributed by atoms with E-state index in [1.165, 1.54) is 11.1 Å². The molecule has 0 spiro atoms. The number of benzene rings is 2. The fourth-order valence-corrected chi connectivity index (χ4v) is 11.1. The van der Waals surface area contributed by atoms with Gasteiger partial charge in [0.1, 0.15) is 0 Å². The zero-order valence-electron chi connectivity index (χ0n) is 15.7. The first-order chi connectivity index (χ1) is 12.9. The molecule has 1 fully saturated rings. The minimum atomic E-state index is -0.638. The maximum atomic E-state index is 2.52. The van der Waals surface area contributed by atoms with Gasteiger partial charge in [0, 0.05) is 9.52 Å². The number of rotatable bonds is 3. The normalized spacial score (nSPS) is 23.1. The molecule has 0 radical (unpaired) electrons. The summed E-state index contributed by atoms with van der Waals surface area (Å²) in [7, 11) is 0.543. The van der Waals surface area contributed by atoms with Crippen molar-refractivity contribution in [3.05, 3.63) is 82.9 Å². The second-order valence-electron chi connectivity index (χ2n) is 7.61. The Bertz CT molecular complexity index is 734. The molecule has 0 amide bonds. The number of allylic oxidation sites excluding steroid dienone is 2. The first-order valence-corrected chi connectivity index (χ1v) is 17.8. The Labute approximate surface area is 172 Å². The monoisotopic (exact) mass is 524 g/mol. The van der Waals surface area contributed by atoms with Crippen molar-refractivity contribution in [2.45, 2.75) is 45.1 Å². The van der Waals surface area contributed by atoms with Crippen LogP contribution in [0.2, 0.25) is 20.4 Å². The molecule has 2 heteroatoms. The number of hydrogen-bond acceptors (Lipinski definition) is 0. The molecule has 2 aromatic rings. The molecule has 2 aliphatic carbocycles. The number of hydrogen-bond donors (Lipinski definition) is 0. The van der Waals surface area contributed by atoms with Crippen molar-refractivity contribution in [3.63, 3.8) is 0 Å². The van der Waals surface area contributed by atoms with Gasteiger partial charge in [-0.15, -0.1) is 0 Å². The van der Waals surface area contributed by atoms with E-state index in [1.807, 2.05) is 0 Å². The van der Waals surface area contributed by atoms with Crippen LogP contribution in [0.15, 0.2) is 60.7 Å². The fraction of sp³-hybridized carbons (Fsp3) is 0.333. The van der Waals surface area contributed by atoms with Gasteiger partial charge in [0.05, 0.1) is 0 Å². The molecule has 1 heterocycles. The van der Waals surface area contributed by atoms with E-state index in [-0.39, 0.29) is 0 Å². The molecule has 132 valence electrons. The minimum absolute atomic E-state index is 0.543. The summed E-state index contributed by atoms with van der Waals surface area (Å²) in [5.74, 6) is 1.27. The Morgan fingerprint density at radius 1 is 0.808 bits per heavy atom. The van der Waals surface area contributed by atoms with Crippen molar-refractivity contribution in [1.82, 2.24) is 0 Å². The SMILES string of the molecule is C1CC[SiH2]C1.[CH3][Hf][CH](C1C=Cc2ccccc21)C1C=Cc2ccccc21. The molecule has 2 unspecified atom stereocenters. The molecule has 3 aliphatic rings. The zero-order valence-corrected chi connectivity index (χ0v) is 20.7. The van der Waals surface area contributed by atoms with Gasteiger partial charge in [0.2, 0.25) is 0 Å². The average molecular weight is 523 g/mol. The van der Waals surface area contributed by atoms with Gasteiger partial charge >= 0.3 is 138 Å². The van der Waals surface area contributed by atoms with Gasteiger partial charge in [0.25, 0.3) is 0 Å². The molecule has 1 aliphatic heterocycles. The summed E-state index contributed by atoms with van der Waals surface area (Å²) in [6, 6.07) is 21.1. The van der Waals surface area contributed by atoms with Crippen molar-refractivity contribution in [3.8, 4) is 0 Å². The van der Waals surface area contributed by atoms with Crippen molar-refractivity contribution in [2.24, 2.45) is 0 Å². The van der Waals surface area contributed by atoms with E-state index >= 15 is 0 Å². The van der Waals surface area contributed by atoms with E-state index in [2.05, 4.69) is 77.5 Å². The van der Waals surface area contributed by atoms with Crippen LogP contribution in [0.5, 0.6) is 0 Å². The second kappa shape index (κ2) is 8.80. The Kier molecular flexibility index (Phi) is 6.22. The van der Waals surface area contributed by atoms with Gasteiger partial charge in [-0.3, -0.25) is 0 Å². The summed E-state index contributed by atoms with van der Waals surface area (Å²) < 4.78 is 3.36. The van der Waals surface area contributed by atoms with Crippen LogP contribution in [-0.2, 0) is 22.9 Å². The van der Waals surface area contributed by atoms with Crippen LogP contribution in [0, 0.1) is 0 Å². The molecule has 5 rings (SSSR count). The van der Waals surface area contributed by atoms with Gasteiger partial charge in [-0.25, -0.2) is 0 Å². The van der Waals surface area contributed by atoms with Crippen LogP contribution in [0.4, 0.5) is 0 Å². The van der Waals surface area contributed by atoms with Gasteiger partial charge in [-0.1, -0.05) is 24.9 Å². The Balaban J connectivity index is 0.000000292. The molecular formula is C24H28HfSi. The Morgan fingerprint density at radius 3 is 1.73 bits per heavy atom. The first kappa shape index (κ1) is 18.4. The van der Waals surface area contributed by atoms with Crippen LogP contribution in [0.3, 0.4) is 0 Å². The molecule has 2 atom stereocenters. The number of fused-ring (bicyclic) bond motifs is 2. The molecular weight excluding hydrogens is 495 g/mol. The van der Waals surface area contributed by atoms with Crippen LogP contribution in [-0.4, -0.2) is 9.52 Å². The summed E-state index contributed by atoms with van der Waals surface area (Å²) in [6.45, 7) is 0. The van der Waals surface area contributed by atoms with Crippen molar-refractivity contribution >= 4 is 21.7 Å². The maximum absolute atomic E-state index is 2.52. The Morgan fingerprint density at radius 2 is 1.31 bits per heavy atom. The van der Waals surface area contributed by atoms with Crippen molar-refractivity contribution in [2.75, 3.05) is 0 Å². The standard InChI is InChI=1S/C19H15.C4H10Si.CH3.Hf/c1-3-7-18-14(5-1)9-11-16(18)13-17-12-10-15-6-2-4-8-19(15)17;1-2-4-5-3-1;;/h1-13,16-17H;1-5H2;1H3;. The quantitative estimate of drug-likeness (QED) is 0.414. The molecule has 0 bridgehead atoms. The third-order valence-corrected chi connectivity index (χ3v) is 13.0. The van der Waals surface area contributed by atoms with Gasteiger partial charge in [0.15, 0.2) is 0 Å². The molecule has 0 saturated carbocycles. The van der Waals surface area contributed by atoms with E-state index in [4.69, 9.17) is 0 Å². The predicted octanol–water partition coefficient (Wildman–Crippen LogP) is 6.31. The van der Waals surface area contributed by atoms with E-state index < -0.39 is 22.9 Å². The van der Waals surface area contributed by atoms with Crippen LogP contribution in [0.25, 0.3) is 12.2 Å². The zero-order chi connectivity index (χ0) is 17.8. The van der Waals surface area contributed by atoms with Crippen molar-refractivity contribution in [1.29, 1.82) is 0 Å². The predicted molar refractivity (Wildman–Crippen MR) is 113 cm³/mol. The summed E-state index contributed by atoms with van der Waals surface area (Å²) >= 11 is -0.638. The van der Waals surface area contributed by atoms with Gasteiger partial charge < -0.3 is 0 Å². The van der Waals surface area contributed by atoms with Crippen molar-refractivity contribution < 1.29 is 22.9 Å². The summed E-state index contributed by atoms with van der Waals surface area (Å²) in [5, 5.41) is 0. The summed E-state index contributed by atoms with van der Waals surface area (Å²) in [5.41, 5.74) is 5.96. The molecule has 2 aromatic carbocycles. The topological polar surface area (TPSA) is 0 Å². The third kappa shape index (κ3) is 3.82. The van der Waals surface area contributed by atoms with E-state index in [0.29, 0.717) is 21.4 Å². The Hall–Kier alpha value is -0.993. The second-order valence-corrected chi connectivity index (χ2v) is 14.2. The van der Waals surface area contributed by atoms with E-state index in [0.717, 1.165) is 3.67 Å². The summed E-state index contributed by atoms with van der Waals surface area (Å²) in [6.07, 6.45) is 12.7. The van der Waals surface area contributed by atoms with Crippen LogP contribution < -0.4 is 0 Å². The summed E-state index contributed by atoms with van der Waals surface area (Å²) in [4.78, 5) is 0. The fourth-order valence-electron chi connectivity index (χ4n) is 4.65. The molecule has 0 N–H and O–H groups in total. The van der Waals surface area contributed by atoms with Crippen LogP contribution in [0.1, 0.15) is 46.9 Å². The average Bonchev–Trinajstić information content (AvgIpc) is 3.45. The van der Waals surface area contributed by atoms with E-state index in [1.54, 1.807) is 36.1 Å². The van der Waals surface area contributed by atoms with Gasteiger partial charge in [-0.2, -0.15) is 0 Å². The third-order valence-electron chi connectivity index (χ3n) is 6.03.